The first kappa shape index (κ1) is 18.5. The fourth-order valence-corrected chi connectivity index (χ4v) is 4.81. The van der Waals surface area contributed by atoms with Crippen LogP contribution in [0.15, 0.2) is 89.5 Å². The van der Waals surface area contributed by atoms with Crippen molar-refractivity contribution >= 4 is 32.5 Å². The number of hydrogen-bond donors (Lipinski definition) is 1. The number of nitrogens with zero attached hydrogens (tertiary/aromatic N) is 2. The number of fused-ring (bicyclic) bond motifs is 1. The van der Waals surface area contributed by atoms with Gasteiger partial charge >= 0.3 is 0 Å². The highest BCUT2D eigenvalue weighted by Gasteiger charge is 2.27. The second kappa shape index (κ2) is 8.05. The SMILES string of the molecule is Brc1ccc2[nH]cc(N3CCN(C(c4ccccc4)c4ccccc4)CC3)c2c1. The fraction of sp³-hybridized carbons (Fsp3) is 0.200. The Morgan fingerprint density at radius 2 is 1.38 bits per heavy atom. The van der Waals surface area contributed by atoms with Crippen LogP contribution in [0.2, 0.25) is 0 Å². The minimum absolute atomic E-state index is 0.302. The van der Waals surface area contributed by atoms with Gasteiger partial charge in [-0.15, -0.1) is 0 Å². The molecule has 1 aliphatic heterocycles. The van der Waals surface area contributed by atoms with Gasteiger partial charge in [0.2, 0.25) is 0 Å². The Bertz CT molecular complexity index is 1040. The molecule has 0 amide bonds. The van der Waals surface area contributed by atoms with Crippen molar-refractivity contribution in [2.75, 3.05) is 31.1 Å². The Morgan fingerprint density at radius 3 is 2.00 bits per heavy atom. The molecule has 1 aromatic heterocycles. The summed E-state index contributed by atoms with van der Waals surface area (Å²) in [5.41, 5.74) is 5.22. The third-order valence-electron chi connectivity index (χ3n) is 5.87. The smallest absolute Gasteiger partial charge is 0.0625 e. The predicted molar refractivity (Wildman–Crippen MR) is 125 cm³/mol. The topological polar surface area (TPSA) is 22.3 Å². The Hall–Kier alpha value is -2.56. The highest BCUT2D eigenvalue weighted by atomic mass is 79.9. The van der Waals surface area contributed by atoms with Gasteiger partial charge in [-0.25, -0.2) is 0 Å². The minimum Gasteiger partial charge on any atom is -0.367 e. The van der Waals surface area contributed by atoms with Gasteiger partial charge in [-0.1, -0.05) is 76.6 Å². The average Bonchev–Trinajstić information content (AvgIpc) is 3.19. The van der Waals surface area contributed by atoms with Gasteiger partial charge in [0.15, 0.2) is 0 Å². The summed E-state index contributed by atoms with van der Waals surface area (Å²) in [6, 6.07) is 28.5. The lowest BCUT2D eigenvalue weighted by Crippen LogP contribution is -2.47. The molecule has 1 saturated heterocycles. The van der Waals surface area contributed by atoms with Crippen molar-refractivity contribution in [1.82, 2.24) is 9.88 Å². The lowest BCUT2D eigenvalue weighted by atomic mass is 9.96. The van der Waals surface area contributed by atoms with E-state index in [2.05, 4.69) is 116 Å². The van der Waals surface area contributed by atoms with E-state index in [-0.39, 0.29) is 0 Å². The van der Waals surface area contributed by atoms with Crippen LogP contribution in [-0.2, 0) is 0 Å². The molecular weight excluding hydrogens is 422 g/mol. The number of halogens is 1. The van der Waals surface area contributed by atoms with Crippen LogP contribution in [-0.4, -0.2) is 36.1 Å². The molecule has 1 N–H and O–H groups in total. The van der Waals surface area contributed by atoms with E-state index in [9.17, 15) is 0 Å². The molecule has 2 heterocycles. The summed E-state index contributed by atoms with van der Waals surface area (Å²) in [5, 5.41) is 1.29. The summed E-state index contributed by atoms with van der Waals surface area (Å²) in [6.07, 6.45) is 2.15. The highest BCUT2D eigenvalue weighted by Crippen LogP contribution is 2.33. The summed E-state index contributed by atoms with van der Waals surface area (Å²) in [7, 11) is 0. The number of aromatic nitrogens is 1. The van der Waals surface area contributed by atoms with Gasteiger partial charge in [-0.3, -0.25) is 4.90 Å². The Morgan fingerprint density at radius 1 is 0.759 bits per heavy atom. The summed E-state index contributed by atoms with van der Waals surface area (Å²) in [4.78, 5) is 8.55. The van der Waals surface area contributed by atoms with Crippen LogP contribution >= 0.6 is 15.9 Å². The molecule has 0 bridgehead atoms. The van der Waals surface area contributed by atoms with Crippen molar-refractivity contribution in [3.63, 3.8) is 0 Å². The number of nitrogens with one attached hydrogen (secondary N) is 1. The molecule has 3 nitrogen and oxygen atoms in total. The van der Waals surface area contributed by atoms with E-state index < -0.39 is 0 Å². The first-order chi connectivity index (χ1) is 14.3. The van der Waals surface area contributed by atoms with Gasteiger partial charge < -0.3 is 9.88 Å². The number of aromatic amines is 1. The van der Waals surface area contributed by atoms with Crippen LogP contribution in [0.25, 0.3) is 10.9 Å². The molecule has 0 radical (unpaired) electrons. The maximum Gasteiger partial charge on any atom is 0.0625 e. The minimum atomic E-state index is 0.302. The summed E-state index contributed by atoms with van der Waals surface area (Å²) >= 11 is 3.62. The Kier molecular flexibility index (Phi) is 5.13. The van der Waals surface area contributed by atoms with Crippen LogP contribution < -0.4 is 4.90 Å². The van der Waals surface area contributed by atoms with Gasteiger partial charge in [-0.05, 0) is 29.3 Å². The second-order valence-electron chi connectivity index (χ2n) is 7.61. The molecule has 0 saturated carbocycles. The standard InChI is InChI=1S/C25H24BrN3/c26-21-11-12-23-22(17-21)24(18-27-23)28-13-15-29(16-14-28)25(19-7-3-1-4-8-19)20-9-5-2-6-10-20/h1-12,17-18,25,27H,13-16H2. The first-order valence-corrected chi connectivity index (χ1v) is 10.9. The van der Waals surface area contributed by atoms with Crippen LogP contribution in [0.1, 0.15) is 17.2 Å². The Balaban J connectivity index is 1.40. The third-order valence-corrected chi connectivity index (χ3v) is 6.37. The molecule has 146 valence electrons. The van der Waals surface area contributed by atoms with Gasteiger partial charge in [0.25, 0.3) is 0 Å². The van der Waals surface area contributed by atoms with Crippen molar-refractivity contribution < 1.29 is 0 Å². The number of piperazine rings is 1. The number of hydrogen-bond acceptors (Lipinski definition) is 2. The molecule has 0 aliphatic carbocycles. The maximum atomic E-state index is 3.62. The van der Waals surface area contributed by atoms with Crippen molar-refractivity contribution in [3.05, 3.63) is 101 Å². The zero-order valence-corrected chi connectivity index (χ0v) is 17.8. The molecule has 3 aromatic carbocycles. The zero-order valence-electron chi connectivity index (χ0n) is 16.3. The van der Waals surface area contributed by atoms with Gasteiger partial charge in [-0.2, -0.15) is 0 Å². The lowest BCUT2D eigenvalue weighted by Gasteiger charge is -2.40. The molecule has 4 heteroatoms. The van der Waals surface area contributed by atoms with Crippen molar-refractivity contribution in [3.8, 4) is 0 Å². The molecule has 5 rings (SSSR count). The van der Waals surface area contributed by atoms with Gasteiger partial charge in [0.1, 0.15) is 0 Å². The van der Waals surface area contributed by atoms with Crippen molar-refractivity contribution in [2.45, 2.75) is 6.04 Å². The quantitative estimate of drug-likeness (QED) is 0.425. The molecule has 29 heavy (non-hydrogen) atoms. The van der Waals surface area contributed by atoms with Crippen molar-refractivity contribution in [2.24, 2.45) is 0 Å². The van der Waals surface area contributed by atoms with E-state index in [0.717, 1.165) is 30.7 Å². The number of rotatable bonds is 4. The largest absolute Gasteiger partial charge is 0.367 e. The first-order valence-electron chi connectivity index (χ1n) is 10.1. The van der Waals surface area contributed by atoms with E-state index >= 15 is 0 Å². The van der Waals surface area contributed by atoms with Crippen LogP contribution in [0.4, 0.5) is 5.69 Å². The number of anilines is 1. The number of H-pyrrole nitrogens is 1. The fourth-order valence-electron chi connectivity index (χ4n) is 4.45. The van der Waals surface area contributed by atoms with E-state index in [4.69, 9.17) is 0 Å². The molecule has 4 aromatic rings. The molecule has 1 fully saturated rings. The van der Waals surface area contributed by atoms with E-state index in [1.807, 2.05) is 0 Å². The van der Waals surface area contributed by atoms with Crippen LogP contribution in [0.3, 0.4) is 0 Å². The third kappa shape index (κ3) is 3.70. The lowest BCUT2D eigenvalue weighted by molar-refractivity contribution is 0.212. The zero-order chi connectivity index (χ0) is 19.6. The van der Waals surface area contributed by atoms with Gasteiger partial charge in [0, 0.05) is 47.8 Å². The normalized spacial score (nSPS) is 15.3. The maximum absolute atomic E-state index is 3.62. The molecule has 1 aliphatic rings. The summed E-state index contributed by atoms with van der Waals surface area (Å²) < 4.78 is 1.12. The van der Waals surface area contributed by atoms with Crippen LogP contribution in [0, 0.1) is 0 Å². The van der Waals surface area contributed by atoms with Gasteiger partial charge in [0.05, 0.1) is 11.7 Å². The molecule has 0 atom stereocenters. The monoisotopic (exact) mass is 445 g/mol. The average molecular weight is 446 g/mol. The highest BCUT2D eigenvalue weighted by molar-refractivity contribution is 9.10. The molecule has 0 unspecified atom stereocenters. The number of benzene rings is 3. The molecular formula is C25H24BrN3. The Labute approximate surface area is 180 Å². The summed E-state index contributed by atoms with van der Waals surface area (Å²) in [6.45, 7) is 4.12. The van der Waals surface area contributed by atoms with E-state index in [1.165, 1.54) is 27.7 Å². The van der Waals surface area contributed by atoms with Crippen molar-refractivity contribution in [1.29, 1.82) is 0 Å². The molecule has 0 spiro atoms. The van der Waals surface area contributed by atoms with Crippen LogP contribution in [0.5, 0.6) is 0 Å². The van der Waals surface area contributed by atoms with E-state index in [1.54, 1.807) is 0 Å². The summed E-state index contributed by atoms with van der Waals surface area (Å²) in [5.74, 6) is 0. The van der Waals surface area contributed by atoms with E-state index in [0.29, 0.717) is 6.04 Å². The second-order valence-corrected chi connectivity index (χ2v) is 8.53. The predicted octanol–water partition coefficient (Wildman–Crippen LogP) is 5.84.